The highest BCUT2D eigenvalue weighted by molar-refractivity contribution is 6.30. The molecule has 0 saturated carbocycles. The maximum Gasteiger partial charge on any atom is 0.410 e. The minimum absolute atomic E-state index is 0.0206. The summed E-state index contributed by atoms with van der Waals surface area (Å²) in [4.78, 5) is 29.8. The fourth-order valence-electron chi connectivity index (χ4n) is 3.87. The Bertz CT molecular complexity index is 1200. The zero-order valence-corrected chi connectivity index (χ0v) is 18.5. The van der Waals surface area contributed by atoms with Crippen molar-refractivity contribution in [1.29, 1.82) is 0 Å². The van der Waals surface area contributed by atoms with Crippen LogP contribution in [0.4, 0.5) is 9.18 Å². The number of rotatable bonds is 6. The number of nitrogens with zero attached hydrogens (tertiary/aromatic N) is 3. The van der Waals surface area contributed by atoms with Gasteiger partial charge in [-0.15, -0.1) is 0 Å². The summed E-state index contributed by atoms with van der Waals surface area (Å²) in [7, 11) is 1.79. The van der Waals surface area contributed by atoms with E-state index >= 15 is 0 Å². The average Bonchev–Trinajstić information content (AvgIpc) is 3.20. The minimum atomic E-state index is -1.14. The number of benzene rings is 2. The van der Waals surface area contributed by atoms with Crippen LogP contribution >= 0.6 is 11.6 Å². The van der Waals surface area contributed by atoms with Gasteiger partial charge in [-0.05, 0) is 47.9 Å². The number of ether oxygens (including phenoxy) is 2. The van der Waals surface area contributed by atoms with E-state index in [1.807, 2.05) is 0 Å². The van der Waals surface area contributed by atoms with E-state index in [2.05, 4.69) is 4.98 Å². The van der Waals surface area contributed by atoms with Crippen LogP contribution in [-0.4, -0.2) is 44.8 Å². The van der Waals surface area contributed by atoms with Crippen LogP contribution in [0.15, 0.2) is 48.9 Å². The highest BCUT2D eigenvalue weighted by Gasteiger charge is 2.35. The monoisotopic (exact) mass is 473 g/mol. The van der Waals surface area contributed by atoms with E-state index in [4.69, 9.17) is 26.2 Å². The van der Waals surface area contributed by atoms with E-state index in [1.165, 1.54) is 17.0 Å². The molecule has 0 radical (unpaired) electrons. The number of aromatic nitrogens is 2. The SMILES string of the molecule is Cn1cncc1COC(=O)N1CCc2cc(F)ccc2[C@H]1c1cc(Cl)ccc1OCC(=O)O. The summed E-state index contributed by atoms with van der Waals surface area (Å²) in [5.74, 6) is -1.27. The summed E-state index contributed by atoms with van der Waals surface area (Å²) in [6, 6.07) is 8.39. The summed E-state index contributed by atoms with van der Waals surface area (Å²) in [6.45, 7) is -0.286. The fourth-order valence-corrected chi connectivity index (χ4v) is 4.05. The number of hydrogen-bond acceptors (Lipinski definition) is 5. The van der Waals surface area contributed by atoms with Crippen molar-refractivity contribution in [3.05, 3.63) is 82.1 Å². The molecule has 0 saturated heterocycles. The Hall–Kier alpha value is -3.59. The first kappa shape index (κ1) is 22.6. The molecule has 1 aromatic heterocycles. The van der Waals surface area contributed by atoms with E-state index < -0.39 is 24.7 Å². The number of amides is 1. The first-order valence-corrected chi connectivity index (χ1v) is 10.5. The molecule has 2 heterocycles. The van der Waals surface area contributed by atoms with Gasteiger partial charge >= 0.3 is 12.1 Å². The average molecular weight is 474 g/mol. The predicted molar refractivity (Wildman–Crippen MR) is 117 cm³/mol. The number of aliphatic carboxylic acids is 1. The zero-order valence-electron chi connectivity index (χ0n) is 17.7. The van der Waals surface area contributed by atoms with Crippen molar-refractivity contribution in [2.45, 2.75) is 19.1 Å². The molecule has 2 aromatic carbocycles. The number of carboxylic acids is 1. The van der Waals surface area contributed by atoms with E-state index in [-0.39, 0.29) is 24.7 Å². The molecule has 10 heteroatoms. The second kappa shape index (κ2) is 9.50. The highest BCUT2D eigenvalue weighted by atomic mass is 35.5. The predicted octanol–water partition coefficient (Wildman–Crippen LogP) is 3.96. The van der Waals surface area contributed by atoms with Crippen molar-refractivity contribution in [1.82, 2.24) is 14.5 Å². The first-order chi connectivity index (χ1) is 15.8. The van der Waals surface area contributed by atoms with E-state index in [0.29, 0.717) is 28.3 Å². The molecule has 8 nitrogen and oxygen atoms in total. The molecule has 0 aliphatic carbocycles. The summed E-state index contributed by atoms with van der Waals surface area (Å²) in [5.41, 5.74) is 2.61. The second-order valence-electron chi connectivity index (χ2n) is 7.60. The second-order valence-corrected chi connectivity index (χ2v) is 8.04. The van der Waals surface area contributed by atoms with E-state index in [0.717, 1.165) is 5.56 Å². The van der Waals surface area contributed by atoms with Crippen LogP contribution < -0.4 is 4.74 Å². The number of aryl methyl sites for hydroxylation is 1. The number of hydrogen-bond donors (Lipinski definition) is 1. The lowest BCUT2D eigenvalue weighted by Gasteiger charge is -2.37. The minimum Gasteiger partial charge on any atom is -0.482 e. The smallest absolute Gasteiger partial charge is 0.410 e. The van der Waals surface area contributed by atoms with Gasteiger partial charge in [0.25, 0.3) is 0 Å². The van der Waals surface area contributed by atoms with Gasteiger partial charge in [-0.3, -0.25) is 4.90 Å². The van der Waals surface area contributed by atoms with Gasteiger partial charge in [0, 0.05) is 24.2 Å². The van der Waals surface area contributed by atoms with Gasteiger partial charge in [-0.1, -0.05) is 17.7 Å². The van der Waals surface area contributed by atoms with Gasteiger partial charge in [0.15, 0.2) is 6.61 Å². The van der Waals surface area contributed by atoms with Crippen LogP contribution in [0.1, 0.15) is 28.4 Å². The van der Waals surface area contributed by atoms with Crippen molar-refractivity contribution < 1.29 is 28.6 Å². The molecule has 0 spiro atoms. The maximum absolute atomic E-state index is 13.9. The summed E-state index contributed by atoms with van der Waals surface area (Å²) in [5, 5.41) is 9.44. The first-order valence-electron chi connectivity index (χ1n) is 10.1. The van der Waals surface area contributed by atoms with Gasteiger partial charge in [0.1, 0.15) is 18.2 Å². The maximum atomic E-state index is 13.9. The number of fused-ring (bicyclic) bond motifs is 1. The molecule has 1 aliphatic heterocycles. The lowest BCUT2D eigenvalue weighted by molar-refractivity contribution is -0.139. The summed E-state index contributed by atoms with van der Waals surface area (Å²) < 4.78 is 26.7. The van der Waals surface area contributed by atoms with E-state index in [1.54, 1.807) is 48.4 Å². The number of carbonyl (C=O) groups is 2. The molecule has 0 bridgehead atoms. The Balaban J connectivity index is 1.72. The largest absolute Gasteiger partial charge is 0.482 e. The van der Waals surface area contributed by atoms with Gasteiger partial charge in [-0.2, -0.15) is 0 Å². The Kier molecular flexibility index (Phi) is 6.50. The molecule has 33 heavy (non-hydrogen) atoms. The van der Waals surface area contributed by atoms with Crippen LogP contribution in [0, 0.1) is 5.82 Å². The lowest BCUT2D eigenvalue weighted by Crippen LogP contribution is -2.41. The van der Waals surface area contributed by atoms with Gasteiger partial charge in [-0.25, -0.2) is 19.0 Å². The molecular formula is C23H21ClFN3O5. The Morgan fingerprint density at radius 2 is 2.06 bits per heavy atom. The molecule has 3 aromatic rings. The van der Waals surface area contributed by atoms with Gasteiger partial charge < -0.3 is 19.1 Å². The molecular weight excluding hydrogens is 453 g/mol. The third-order valence-electron chi connectivity index (χ3n) is 5.45. The van der Waals surface area contributed by atoms with Crippen molar-refractivity contribution in [3.63, 3.8) is 0 Å². The third kappa shape index (κ3) is 4.93. The highest BCUT2D eigenvalue weighted by Crippen LogP contribution is 2.41. The molecule has 1 aliphatic rings. The van der Waals surface area contributed by atoms with Crippen LogP contribution in [0.3, 0.4) is 0 Å². The number of carbonyl (C=O) groups excluding carboxylic acids is 1. The molecule has 1 amide bonds. The van der Waals surface area contributed by atoms with Crippen molar-refractivity contribution in [2.75, 3.05) is 13.2 Å². The molecule has 1 N–H and O–H groups in total. The molecule has 0 fully saturated rings. The van der Waals surface area contributed by atoms with Crippen molar-refractivity contribution in [3.8, 4) is 5.75 Å². The van der Waals surface area contributed by atoms with Gasteiger partial charge in [0.2, 0.25) is 0 Å². The van der Waals surface area contributed by atoms with Gasteiger partial charge in [0.05, 0.1) is 24.3 Å². The number of carboxylic acid groups (broad SMARTS) is 1. The Morgan fingerprint density at radius 3 is 2.79 bits per heavy atom. The van der Waals surface area contributed by atoms with Crippen LogP contribution in [0.25, 0.3) is 0 Å². The fraction of sp³-hybridized carbons (Fsp3) is 0.261. The number of imidazole rings is 1. The molecule has 172 valence electrons. The normalized spacial score (nSPS) is 15.1. The molecule has 4 rings (SSSR count). The zero-order chi connectivity index (χ0) is 23.5. The Morgan fingerprint density at radius 1 is 1.24 bits per heavy atom. The van der Waals surface area contributed by atoms with E-state index in [9.17, 15) is 14.0 Å². The Labute approximate surface area is 194 Å². The summed E-state index contributed by atoms with van der Waals surface area (Å²) >= 11 is 6.25. The van der Waals surface area contributed by atoms with Crippen LogP contribution in [0.5, 0.6) is 5.75 Å². The van der Waals surface area contributed by atoms with Crippen LogP contribution in [0.2, 0.25) is 5.02 Å². The topological polar surface area (TPSA) is 93.9 Å². The van der Waals surface area contributed by atoms with Crippen LogP contribution in [-0.2, 0) is 29.6 Å². The third-order valence-corrected chi connectivity index (χ3v) is 5.68. The molecule has 0 unspecified atom stereocenters. The lowest BCUT2D eigenvalue weighted by atomic mass is 9.88. The summed E-state index contributed by atoms with van der Waals surface area (Å²) in [6.07, 6.45) is 3.06. The van der Waals surface area contributed by atoms with Crippen molar-refractivity contribution in [2.24, 2.45) is 7.05 Å². The molecule has 1 atom stereocenters. The number of halogens is 2. The van der Waals surface area contributed by atoms with Crippen molar-refractivity contribution >= 4 is 23.7 Å². The quantitative estimate of drug-likeness (QED) is 0.582. The standard InChI is InChI=1S/C23H21ClFN3O5/c1-27-13-26-10-17(27)11-33-23(31)28-7-6-14-8-16(25)3-4-18(14)22(28)19-9-15(24)2-5-20(19)32-12-21(29)30/h2-5,8-10,13,22H,6-7,11-12H2,1H3,(H,29,30)/t22-/m0/s1.